The molecule has 0 aliphatic heterocycles. The number of aromatic amines is 1. The molecule has 4 heteroatoms. The van der Waals surface area contributed by atoms with Gasteiger partial charge in [0.1, 0.15) is 0 Å². The number of aromatic nitrogens is 1. The van der Waals surface area contributed by atoms with Crippen molar-refractivity contribution in [1.29, 1.82) is 0 Å². The maximum Gasteiger partial charge on any atom is 0.152 e. The number of benzene rings is 3. The quantitative estimate of drug-likeness (QED) is 0.406. The summed E-state index contributed by atoms with van der Waals surface area (Å²) in [5.74, 6) is 0. The normalized spacial score (nSPS) is 11.0. The SMILES string of the molecule is O=Cc1c(-c2ccc(Cl)c(Cl)c2)[nH]c2ccc(-c3ccccc3)cc12. The molecule has 1 N–H and O–H groups in total. The lowest BCUT2D eigenvalue weighted by molar-refractivity contribution is 0.112. The molecule has 0 bridgehead atoms. The Kier molecular flexibility index (Phi) is 4.08. The summed E-state index contributed by atoms with van der Waals surface area (Å²) in [6, 6.07) is 21.5. The van der Waals surface area contributed by atoms with Gasteiger partial charge in [-0.15, -0.1) is 0 Å². The zero-order valence-electron chi connectivity index (χ0n) is 13.1. The van der Waals surface area contributed by atoms with Crippen molar-refractivity contribution in [3.8, 4) is 22.4 Å². The van der Waals surface area contributed by atoms with Gasteiger partial charge in [0.25, 0.3) is 0 Å². The first-order valence-electron chi connectivity index (χ1n) is 7.79. The zero-order chi connectivity index (χ0) is 17.4. The molecule has 2 nitrogen and oxygen atoms in total. The van der Waals surface area contributed by atoms with Crippen LogP contribution in [0.15, 0.2) is 66.7 Å². The monoisotopic (exact) mass is 365 g/mol. The van der Waals surface area contributed by atoms with Crippen molar-refractivity contribution in [3.63, 3.8) is 0 Å². The second kappa shape index (κ2) is 6.40. The number of hydrogen-bond acceptors (Lipinski definition) is 1. The molecule has 3 aromatic carbocycles. The molecule has 0 radical (unpaired) electrons. The van der Waals surface area contributed by atoms with Gasteiger partial charge in [-0.1, -0.05) is 65.7 Å². The van der Waals surface area contributed by atoms with Crippen molar-refractivity contribution in [2.24, 2.45) is 0 Å². The Bertz CT molecular complexity index is 1080. The highest BCUT2D eigenvalue weighted by molar-refractivity contribution is 6.42. The molecule has 0 unspecified atom stereocenters. The van der Waals surface area contributed by atoms with E-state index in [0.29, 0.717) is 15.6 Å². The summed E-state index contributed by atoms with van der Waals surface area (Å²) < 4.78 is 0. The van der Waals surface area contributed by atoms with Crippen LogP contribution in [0.4, 0.5) is 0 Å². The molecule has 25 heavy (non-hydrogen) atoms. The molecule has 4 rings (SSSR count). The number of rotatable bonds is 3. The molecule has 1 heterocycles. The van der Waals surface area contributed by atoms with Crippen LogP contribution in [0.2, 0.25) is 10.0 Å². The van der Waals surface area contributed by atoms with Gasteiger partial charge >= 0.3 is 0 Å². The van der Waals surface area contributed by atoms with E-state index in [1.807, 2.05) is 54.6 Å². The van der Waals surface area contributed by atoms with Crippen molar-refractivity contribution in [2.75, 3.05) is 0 Å². The minimum Gasteiger partial charge on any atom is -0.354 e. The largest absolute Gasteiger partial charge is 0.354 e. The molecule has 0 fully saturated rings. The molecule has 1 aromatic heterocycles. The van der Waals surface area contributed by atoms with Crippen LogP contribution in [0.25, 0.3) is 33.3 Å². The second-order valence-electron chi connectivity index (χ2n) is 5.79. The first-order chi connectivity index (χ1) is 12.2. The van der Waals surface area contributed by atoms with Crippen LogP contribution < -0.4 is 0 Å². The van der Waals surface area contributed by atoms with Gasteiger partial charge < -0.3 is 4.98 Å². The summed E-state index contributed by atoms with van der Waals surface area (Å²) in [7, 11) is 0. The van der Waals surface area contributed by atoms with E-state index < -0.39 is 0 Å². The summed E-state index contributed by atoms with van der Waals surface area (Å²) >= 11 is 12.1. The van der Waals surface area contributed by atoms with Crippen molar-refractivity contribution < 1.29 is 4.79 Å². The summed E-state index contributed by atoms with van der Waals surface area (Å²) in [5, 5.41) is 1.83. The van der Waals surface area contributed by atoms with Gasteiger partial charge in [-0.05, 0) is 35.4 Å². The first kappa shape index (κ1) is 15.9. The Morgan fingerprint density at radius 1 is 0.760 bits per heavy atom. The molecule has 0 saturated heterocycles. The number of halogens is 2. The Hall–Kier alpha value is -2.55. The fourth-order valence-electron chi connectivity index (χ4n) is 3.02. The van der Waals surface area contributed by atoms with E-state index in [9.17, 15) is 4.79 Å². The fraction of sp³-hybridized carbons (Fsp3) is 0. The van der Waals surface area contributed by atoms with Gasteiger partial charge in [-0.3, -0.25) is 4.79 Å². The van der Waals surface area contributed by atoms with Gasteiger partial charge in [-0.25, -0.2) is 0 Å². The average Bonchev–Trinajstić information content (AvgIpc) is 3.02. The lowest BCUT2D eigenvalue weighted by atomic mass is 10.0. The van der Waals surface area contributed by atoms with Crippen LogP contribution in [0.1, 0.15) is 10.4 Å². The molecule has 0 saturated carbocycles. The third-order valence-electron chi connectivity index (χ3n) is 4.27. The van der Waals surface area contributed by atoms with Gasteiger partial charge in [0.05, 0.1) is 15.7 Å². The third-order valence-corrected chi connectivity index (χ3v) is 5.01. The number of hydrogen-bond donors (Lipinski definition) is 1. The Labute approximate surface area is 155 Å². The number of H-pyrrole nitrogens is 1. The van der Waals surface area contributed by atoms with Gasteiger partial charge in [0.15, 0.2) is 6.29 Å². The molecule has 4 aromatic rings. The number of carbonyl (C=O) groups is 1. The Morgan fingerprint density at radius 2 is 1.52 bits per heavy atom. The summed E-state index contributed by atoms with van der Waals surface area (Å²) in [6.45, 7) is 0. The number of fused-ring (bicyclic) bond motifs is 1. The molecule has 0 aliphatic carbocycles. The highest BCUT2D eigenvalue weighted by atomic mass is 35.5. The molecular weight excluding hydrogens is 353 g/mol. The first-order valence-corrected chi connectivity index (χ1v) is 8.55. The van der Waals surface area contributed by atoms with Crippen LogP contribution >= 0.6 is 23.2 Å². The summed E-state index contributed by atoms with van der Waals surface area (Å²) in [6.07, 6.45) is 0.880. The smallest absolute Gasteiger partial charge is 0.152 e. The third kappa shape index (κ3) is 2.84. The van der Waals surface area contributed by atoms with Gasteiger partial charge in [0, 0.05) is 22.0 Å². The maximum absolute atomic E-state index is 11.8. The van der Waals surface area contributed by atoms with E-state index in [1.54, 1.807) is 12.1 Å². The van der Waals surface area contributed by atoms with Crippen molar-refractivity contribution in [3.05, 3.63) is 82.3 Å². The second-order valence-corrected chi connectivity index (χ2v) is 6.60. The van der Waals surface area contributed by atoms with Crippen LogP contribution in [-0.4, -0.2) is 11.3 Å². The topological polar surface area (TPSA) is 32.9 Å². The van der Waals surface area contributed by atoms with E-state index in [0.717, 1.165) is 39.6 Å². The lowest BCUT2D eigenvalue weighted by Gasteiger charge is -2.03. The van der Waals surface area contributed by atoms with E-state index >= 15 is 0 Å². The molecule has 0 aliphatic rings. The predicted molar refractivity (Wildman–Crippen MR) is 105 cm³/mol. The molecule has 0 atom stereocenters. The minimum atomic E-state index is 0.458. The molecule has 122 valence electrons. The van der Waals surface area contributed by atoms with E-state index in [2.05, 4.69) is 4.98 Å². The maximum atomic E-state index is 11.8. The van der Waals surface area contributed by atoms with Gasteiger partial charge in [0.2, 0.25) is 0 Å². The van der Waals surface area contributed by atoms with E-state index in [-0.39, 0.29) is 0 Å². The van der Waals surface area contributed by atoms with Crippen LogP contribution in [0, 0.1) is 0 Å². The van der Waals surface area contributed by atoms with Crippen LogP contribution in [0.5, 0.6) is 0 Å². The standard InChI is InChI=1S/C21H13Cl2NO/c22-18-8-6-15(11-19(18)23)21-17(12-25)16-10-14(7-9-20(16)24-21)13-4-2-1-3-5-13/h1-12,24H. The van der Waals surface area contributed by atoms with Crippen molar-refractivity contribution in [1.82, 2.24) is 4.98 Å². The van der Waals surface area contributed by atoms with E-state index in [1.165, 1.54) is 0 Å². The Balaban J connectivity index is 1.92. The van der Waals surface area contributed by atoms with Gasteiger partial charge in [-0.2, -0.15) is 0 Å². The number of aldehydes is 1. The lowest BCUT2D eigenvalue weighted by Crippen LogP contribution is -1.85. The predicted octanol–water partition coefficient (Wildman–Crippen LogP) is 6.62. The minimum absolute atomic E-state index is 0.458. The zero-order valence-corrected chi connectivity index (χ0v) is 14.6. The fourth-order valence-corrected chi connectivity index (χ4v) is 3.32. The average molecular weight is 366 g/mol. The molecular formula is C21H13Cl2NO. The summed E-state index contributed by atoms with van der Waals surface area (Å²) in [4.78, 5) is 15.1. The van der Waals surface area contributed by atoms with E-state index in [4.69, 9.17) is 23.2 Å². The number of nitrogens with one attached hydrogen (secondary N) is 1. The van der Waals surface area contributed by atoms with Crippen LogP contribution in [-0.2, 0) is 0 Å². The highest BCUT2D eigenvalue weighted by Gasteiger charge is 2.14. The summed E-state index contributed by atoms with van der Waals surface area (Å²) in [5.41, 5.74) is 5.27. The number of carbonyl (C=O) groups excluding carboxylic acids is 1. The molecule has 0 amide bonds. The van der Waals surface area contributed by atoms with Crippen LogP contribution in [0.3, 0.4) is 0 Å². The van der Waals surface area contributed by atoms with Crippen molar-refractivity contribution in [2.45, 2.75) is 0 Å². The Morgan fingerprint density at radius 3 is 2.24 bits per heavy atom. The molecule has 0 spiro atoms. The highest BCUT2D eigenvalue weighted by Crippen LogP contribution is 2.34. The van der Waals surface area contributed by atoms with Crippen molar-refractivity contribution >= 4 is 40.4 Å².